The zero-order valence-electron chi connectivity index (χ0n) is 13.5. The first-order valence-electron chi connectivity index (χ1n) is 7.35. The Morgan fingerprint density at radius 2 is 2.05 bits per heavy atom. The molecule has 1 N–H and O–H groups in total. The average molecular weight is 321 g/mol. The number of hydrogen-bond donors (Lipinski definition) is 1. The van der Waals surface area contributed by atoms with Gasteiger partial charge in [0, 0.05) is 5.92 Å². The lowest BCUT2D eigenvalue weighted by molar-refractivity contribution is 0.162. The first-order valence-corrected chi connectivity index (χ1v) is 8.75. The predicted octanol–water partition coefficient (Wildman–Crippen LogP) is 3.19. The molecule has 2 aromatic rings. The molecule has 1 atom stereocenters. The van der Waals surface area contributed by atoms with Gasteiger partial charge in [-0.05, 0) is 30.6 Å². The van der Waals surface area contributed by atoms with Crippen LogP contribution in [-0.4, -0.2) is 39.0 Å². The Labute approximate surface area is 135 Å². The fraction of sp³-hybridized carbons (Fsp3) is 0.500. The van der Waals surface area contributed by atoms with Crippen LogP contribution < -0.4 is 4.74 Å². The minimum absolute atomic E-state index is 0.197. The van der Waals surface area contributed by atoms with Crippen molar-refractivity contribution in [3.05, 3.63) is 35.9 Å². The summed E-state index contributed by atoms with van der Waals surface area (Å²) in [6.45, 7) is 4.08. The third-order valence-electron chi connectivity index (χ3n) is 3.37. The third kappa shape index (κ3) is 3.62. The summed E-state index contributed by atoms with van der Waals surface area (Å²) in [5, 5.41) is 15.1. The molecule has 22 heavy (non-hydrogen) atoms. The average Bonchev–Trinajstić information content (AvgIpc) is 2.98. The van der Waals surface area contributed by atoms with Crippen molar-refractivity contribution in [3.8, 4) is 11.4 Å². The van der Waals surface area contributed by atoms with Gasteiger partial charge in [-0.2, -0.15) is 16.9 Å². The van der Waals surface area contributed by atoms with Gasteiger partial charge in [0.15, 0.2) is 11.6 Å². The second kappa shape index (κ2) is 7.65. The SMILES string of the molecule is COc1ccccc1-n1nc(C(C)C)nc1C(O)CCSC. The highest BCUT2D eigenvalue weighted by atomic mass is 32.2. The summed E-state index contributed by atoms with van der Waals surface area (Å²) >= 11 is 1.70. The molecule has 0 amide bonds. The van der Waals surface area contributed by atoms with Crippen molar-refractivity contribution in [2.24, 2.45) is 0 Å². The molecule has 6 heteroatoms. The van der Waals surface area contributed by atoms with Gasteiger partial charge in [-0.3, -0.25) is 0 Å². The first-order chi connectivity index (χ1) is 10.6. The molecule has 2 rings (SSSR count). The maximum atomic E-state index is 10.5. The van der Waals surface area contributed by atoms with Gasteiger partial charge in [0.25, 0.3) is 0 Å². The lowest BCUT2D eigenvalue weighted by Gasteiger charge is -2.13. The molecule has 0 fully saturated rings. The van der Waals surface area contributed by atoms with Gasteiger partial charge in [-0.25, -0.2) is 9.67 Å². The van der Waals surface area contributed by atoms with Gasteiger partial charge in [0.2, 0.25) is 0 Å². The van der Waals surface area contributed by atoms with Crippen molar-refractivity contribution in [1.29, 1.82) is 0 Å². The van der Waals surface area contributed by atoms with E-state index in [1.165, 1.54) is 0 Å². The lowest BCUT2D eigenvalue weighted by atomic mass is 10.2. The lowest BCUT2D eigenvalue weighted by Crippen LogP contribution is -2.10. The minimum Gasteiger partial charge on any atom is -0.494 e. The number of aliphatic hydroxyl groups excluding tert-OH is 1. The number of aliphatic hydroxyl groups is 1. The molecule has 0 saturated carbocycles. The Morgan fingerprint density at radius 3 is 2.68 bits per heavy atom. The number of ether oxygens (including phenoxy) is 1. The van der Waals surface area contributed by atoms with Gasteiger partial charge in [-0.15, -0.1) is 0 Å². The van der Waals surface area contributed by atoms with E-state index in [2.05, 4.69) is 10.1 Å². The minimum atomic E-state index is -0.641. The van der Waals surface area contributed by atoms with Crippen molar-refractivity contribution in [1.82, 2.24) is 14.8 Å². The van der Waals surface area contributed by atoms with Crippen molar-refractivity contribution in [3.63, 3.8) is 0 Å². The summed E-state index contributed by atoms with van der Waals surface area (Å²) in [5.41, 5.74) is 0.794. The molecular formula is C16H23N3O2S. The second-order valence-corrected chi connectivity index (χ2v) is 6.35. The number of nitrogens with zero attached hydrogens (tertiary/aromatic N) is 3. The number of hydrogen-bond acceptors (Lipinski definition) is 5. The van der Waals surface area contributed by atoms with Crippen molar-refractivity contribution < 1.29 is 9.84 Å². The molecule has 1 unspecified atom stereocenters. The van der Waals surface area contributed by atoms with E-state index in [0.717, 1.165) is 17.3 Å². The zero-order valence-corrected chi connectivity index (χ0v) is 14.3. The number of thioether (sulfide) groups is 1. The van der Waals surface area contributed by atoms with Gasteiger partial charge >= 0.3 is 0 Å². The molecule has 0 bridgehead atoms. The normalized spacial score (nSPS) is 12.6. The molecule has 120 valence electrons. The first kappa shape index (κ1) is 16.8. The van der Waals surface area contributed by atoms with E-state index in [4.69, 9.17) is 4.74 Å². The van der Waals surface area contributed by atoms with E-state index in [0.29, 0.717) is 18.0 Å². The van der Waals surface area contributed by atoms with E-state index in [1.54, 1.807) is 23.6 Å². The second-order valence-electron chi connectivity index (χ2n) is 5.36. The number of rotatable bonds is 7. The summed E-state index contributed by atoms with van der Waals surface area (Å²) in [7, 11) is 1.63. The highest BCUT2D eigenvalue weighted by Crippen LogP contribution is 2.27. The van der Waals surface area contributed by atoms with E-state index in [9.17, 15) is 5.11 Å². The van der Waals surface area contributed by atoms with Crippen molar-refractivity contribution in [2.75, 3.05) is 19.1 Å². The number of aromatic nitrogens is 3. The van der Waals surface area contributed by atoms with Gasteiger partial charge < -0.3 is 9.84 Å². The summed E-state index contributed by atoms with van der Waals surface area (Å²) in [5.74, 6) is 3.08. The van der Waals surface area contributed by atoms with Crippen LogP contribution in [-0.2, 0) is 0 Å². The smallest absolute Gasteiger partial charge is 0.161 e. The monoisotopic (exact) mass is 321 g/mol. The highest BCUT2D eigenvalue weighted by molar-refractivity contribution is 7.98. The molecule has 5 nitrogen and oxygen atoms in total. The van der Waals surface area contributed by atoms with Crippen LogP contribution in [0, 0.1) is 0 Å². The molecule has 0 radical (unpaired) electrons. The van der Waals surface area contributed by atoms with E-state index in [1.807, 2.05) is 44.4 Å². The molecule has 1 aromatic heterocycles. The highest BCUT2D eigenvalue weighted by Gasteiger charge is 2.21. The zero-order chi connectivity index (χ0) is 16.1. The fourth-order valence-corrected chi connectivity index (χ4v) is 2.60. The van der Waals surface area contributed by atoms with Crippen LogP contribution in [0.15, 0.2) is 24.3 Å². The Balaban J connectivity index is 2.48. The van der Waals surface area contributed by atoms with Crippen LogP contribution in [0.4, 0.5) is 0 Å². The van der Waals surface area contributed by atoms with Crippen LogP contribution in [0.25, 0.3) is 5.69 Å². The summed E-state index contributed by atoms with van der Waals surface area (Å²) in [4.78, 5) is 4.55. The van der Waals surface area contributed by atoms with E-state index < -0.39 is 6.10 Å². The van der Waals surface area contributed by atoms with Crippen molar-refractivity contribution in [2.45, 2.75) is 32.3 Å². The van der Waals surface area contributed by atoms with Crippen LogP contribution in [0.5, 0.6) is 5.75 Å². The number of methoxy groups -OCH3 is 1. The van der Waals surface area contributed by atoms with Gasteiger partial charge in [-0.1, -0.05) is 26.0 Å². The molecule has 0 aliphatic rings. The molecule has 1 heterocycles. The predicted molar refractivity (Wildman–Crippen MR) is 90.0 cm³/mol. The van der Waals surface area contributed by atoms with E-state index >= 15 is 0 Å². The summed E-state index contributed by atoms with van der Waals surface area (Å²) < 4.78 is 7.12. The summed E-state index contributed by atoms with van der Waals surface area (Å²) in [6.07, 6.45) is 2.03. The number of benzene rings is 1. The molecule has 1 aromatic carbocycles. The van der Waals surface area contributed by atoms with Crippen molar-refractivity contribution >= 4 is 11.8 Å². The fourth-order valence-electron chi connectivity index (χ4n) is 2.14. The van der Waals surface area contributed by atoms with Gasteiger partial charge in [0.05, 0.1) is 7.11 Å². The quantitative estimate of drug-likeness (QED) is 0.848. The Kier molecular flexibility index (Phi) is 5.85. The molecule has 0 aliphatic heterocycles. The molecule has 0 aliphatic carbocycles. The Hall–Kier alpha value is -1.53. The van der Waals surface area contributed by atoms with Gasteiger partial charge in [0.1, 0.15) is 17.5 Å². The van der Waals surface area contributed by atoms with Crippen LogP contribution in [0.3, 0.4) is 0 Å². The topological polar surface area (TPSA) is 60.2 Å². The Morgan fingerprint density at radius 1 is 1.32 bits per heavy atom. The maximum absolute atomic E-state index is 10.5. The van der Waals surface area contributed by atoms with E-state index in [-0.39, 0.29) is 5.92 Å². The van der Waals surface area contributed by atoms with Crippen LogP contribution in [0.2, 0.25) is 0 Å². The summed E-state index contributed by atoms with van der Waals surface area (Å²) in [6, 6.07) is 7.63. The molecular weight excluding hydrogens is 298 g/mol. The molecule has 0 spiro atoms. The molecule has 0 saturated heterocycles. The Bertz CT molecular complexity index is 613. The van der Waals surface area contributed by atoms with Crippen LogP contribution >= 0.6 is 11.8 Å². The standard InChI is InChI=1S/C16H23N3O2S/c1-11(2)15-17-16(13(20)9-10-22-4)19(18-15)12-7-5-6-8-14(12)21-3/h5-8,11,13,20H,9-10H2,1-4H3. The maximum Gasteiger partial charge on any atom is 0.161 e. The largest absolute Gasteiger partial charge is 0.494 e. The number of para-hydroxylation sites is 2. The van der Waals surface area contributed by atoms with Crippen LogP contribution in [0.1, 0.15) is 43.9 Å². The third-order valence-corrected chi connectivity index (χ3v) is 4.02.